The molecule has 0 spiro atoms. The van der Waals surface area contributed by atoms with E-state index >= 15 is 0 Å². The number of carbonyl (C=O) groups is 2. The molecule has 0 saturated heterocycles. The molecule has 0 unspecified atom stereocenters. The molecule has 0 aliphatic rings. The molecule has 6 nitrogen and oxygen atoms in total. The highest BCUT2D eigenvalue weighted by atomic mass is 19.4. The summed E-state index contributed by atoms with van der Waals surface area (Å²) in [6.07, 6.45) is -37.2. The van der Waals surface area contributed by atoms with E-state index in [0.29, 0.717) is 0 Å². The lowest BCUT2D eigenvalue weighted by molar-refractivity contribution is -0.301. The number of benzene rings is 2. The maximum absolute atomic E-state index is 14.9. The predicted molar refractivity (Wildman–Crippen MR) is 90.8 cm³/mol. The highest BCUT2D eigenvalue weighted by Gasteiger charge is 2.61. The first-order chi connectivity index (χ1) is 17.7. The van der Waals surface area contributed by atoms with Gasteiger partial charge in [-0.2, -0.15) is 52.7 Å². The number of carboxylic acids is 2. The number of hydrogen-bond acceptors (Lipinski definition) is 4. The lowest BCUT2D eigenvalue weighted by Crippen LogP contribution is -2.47. The minimum Gasteiger partial charge on any atom is -0.477 e. The molecule has 2 N–H and O–H groups in total. The first-order valence-electron chi connectivity index (χ1n) is 9.16. The van der Waals surface area contributed by atoms with Gasteiger partial charge < -0.3 is 19.7 Å². The van der Waals surface area contributed by atoms with Crippen LogP contribution >= 0.6 is 0 Å². The minimum absolute atomic E-state index is 2.80. The molecular weight excluding hydrogens is 616 g/mol. The van der Waals surface area contributed by atoms with Crippen LogP contribution in [0.5, 0.6) is 11.5 Å². The summed E-state index contributed by atoms with van der Waals surface area (Å²) < 4.78 is 222. The summed E-state index contributed by atoms with van der Waals surface area (Å²) >= 11 is 0. The van der Waals surface area contributed by atoms with E-state index in [1.165, 1.54) is 0 Å². The molecule has 2 aromatic rings. The normalized spacial score (nSPS) is 13.3. The Balaban J connectivity index is 3.29. The van der Waals surface area contributed by atoms with Gasteiger partial charge in [0.1, 0.15) is 11.1 Å². The quantitative estimate of drug-likeness (QED) is 0.357. The van der Waals surface area contributed by atoms with Gasteiger partial charge in [0, 0.05) is 0 Å². The Morgan fingerprint density at radius 2 is 0.725 bits per heavy atom. The zero-order valence-electron chi connectivity index (χ0n) is 17.7. The number of alkyl halides is 12. The number of hydrogen-bond donors (Lipinski definition) is 2. The minimum atomic E-state index is -6.67. The zero-order valence-corrected chi connectivity index (χ0v) is 17.7. The SMILES string of the molecule is O=C(O)c1c(F)c(OC(C(F)(F)F)C(F)(F)F)c2c(F)c(C(=O)O)c(F)c(OC(C(F)(F)F)C(F)(F)F)c2c1F. The van der Waals surface area contributed by atoms with Crippen LogP contribution in [-0.2, 0) is 0 Å². The summed E-state index contributed by atoms with van der Waals surface area (Å²) in [6, 6.07) is 0. The molecule has 0 saturated carbocycles. The van der Waals surface area contributed by atoms with E-state index in [9.17, 15) is 79.8 Å². The fraction of sp³-hybridized carbons (Fsp3) is 0.333. The number of ether oxygens (including phenoxy) is 2. The average molecular weight is 620 g/mol. The van der Waals surface area contributed by atoms with Crippen LogP contribution in [0.2, 0.25) is 0 Å². The van der Waals surface area contributed by atoms with Gasteiger partial charge in [-0.15, -0.1) is 0 Å². The standard InChI is InChI=1S/C18H4F16O6/c19-5-1-2(10(8(22)3(5)11(35)36)40-14(17(29,30)31)18(32,33)34)6(20)4(12(37)38)7(21)9(1)39-13(15(23,24)25)16(26,27)28/h13-14H,(H,35,36)(H,37,38). The highest BCUT2D eigenvalue weighted by Crippen LogP contribution is 2.48. The molecule has 2 rings (SSSR count). The number of fused-ring (bicyclic) bond motifs is 1. The second kappa shape index (κ2) is 9.94. The van der Waals surface area contributed by atoms with E-state index in [1.54, 1.807) is 0 Å². The third-order valence-electron chi connectivity index (χ3n) is 4.51. The zero-order chi connectivity index (χ0) is 31.5. The largest absolute Gasteiger partial charge is 0.477 e. The van der Waals surface area contributed by atoms with Gasteiger partial charge in [0.05, 0.1) is 10.8 Å². The Kier molecular flexibility index (Phi) is 8.04. The van der Waals surface area contributed by atoms with Crippen molar-refractivity contribution in [1.82, 2.24) is 0 Å². The molecule has 2 aromatic carbocycles. The van der Waals surface area contributed by atoms with Gasteiger partial charge in [0.2, 0.25) is 0 Å². The molecule has 0 amide bonds. The van der Waals surface area contributed by atoms with Gasteiger partial charge >= 0.3 is 36.6 Å². The molecule has 224 valence electrons. The molecule has 0 bridgehead atoms. The van der Waals surface area contributed by atoms with Crippen LogP contribution in [0.1, 0.15) is 20.7 Å². The summed E-state index contributed by atoms with van der Waals surface area (Å²) in [5, 5.41) is 12.3. The van der Waals surface area contributed by atoms with Gasteiger partial charge in [-0.1, -0.05) is 0 Å². The van der Waals surface area contributed by atoms with Crippen molar-refractivity contribution in [2.75, 3.05) is 0 Å². The van der Waals surface area contributed by atoms with E-state index in [2.05, 4.69) is 9.47 Å². The van der Waals surface area contributed by atoms with Gasteiger partial charge in [0.15, 0.2) is 34.8 Å². The lowest BCUT2D eigenvalue weighted by Gasteiger charge is -2.27. The summed E-state index contributed by atoms with van der Waals surface area (Å²) in [5.74, 6) is -24.8. The van der Waals surface area contributed by atoms with Crippen LogP contribution in [0.15, 0.2) is 0 Å². The van der Waals surface area contributed by atoms with Gasteiger partial charge in [0.25, 0.3) is 12.2 Å². The van der Waals surface area contributed by atoms with Gasteiger partial charge in [-0.25, -0.2) is 27.2 Å². The third-order valence-corrected chi connectivity index (χ3v) is 4.51. The number of halogens is 16. The van der Waals surface area contributed by atoms with Crippen molar-refractivity contribution < 1.29 is 99.5 Å². The van der Waals surface area contributed by atoms with Crippen LogP contribution in [0, 0.1) is 23.3 Å². The third kappa shape index (κ3) is 5.83. The molecular formula is C18H4F16O6. The van der Waals surface area contributed by atoms with Crippen molar-refractivity contribution in [2.45, 2.75) is 36.9 Å². The molecule has 0 fully saturated rings. The molecule has 0 aliphatic carbocycles. The summed E-state index contributed by atoms with van der Waals surface area (Å²) in [5.41, 5.74) is -5.62. The van der Waals surface area contributed by atoms with E-state index < -0.39 is 106 Å². The second-order valence-corrected chi connectivity index (χ2v) is 7.19. The molecule has 0 heterocycles. The topological polar surface area (TPSA) is 93.1 Å². The molecule has 0 aromatic heterocycles. The highest BCUT2D eigenvalue weighted by molar-refractivity contribution is 6.05. The maximum Gasteiger partial charge on any atom is 0.434 e. The first kappa shape index (κ1) is 32.3. The van der Waals surface area contributed by atoms with E-state index in [0.717, 1.165) is 0 Å². The first-order valence-corrected chi connectivity index (χ1v) is 9.16. The van der Waals surface area contributed by atoms with Gasteiger partial charge in [-0.3, -0.25) is 0 Å². The summed E-state index contributed by atoms with van der Waals surface area (Å²) in [7, 11) is 0. The molecule has 40 heavy (non-hydrogen) atoms. The molecule has 22 heteroatoms. The number of carboxylic acid groups (broad SMARTS) is 2. The van der Waals surface area contributed by atoms with Crippen molar-refractivity contribution in [3.05, 3.63) is 34.4 Å². The predicted octanol–water partition coefficient (Wildman–Crippen LogP) is 6.54. The fourth-order valence-corrected chi connectivity index (χ4v) is 3.01. The van der Waals surface area contributed by atoms with E-state index in [-0.39, 0.29) is 0 Å². The van der Waals surface area contributed by atoms with Crippen LogP contribution in [0.25, 0.3) is 10.8 Å². The number of aromatic carboxylic acids is 2. The van der Waals surface area contributed by atoms with E-state index in [1.807, 2.05) is 0 Å². The Bertz CT molecular complexity index is 1220. The monoisotopic (exact) mass is 620 g/mol. The molecule has 0 aliphatic heterocycles. The smallest absolute Gasteiger partial charge is 0.434 e. The van der Waals surface area contributed by atoms with Crippen LogP contribution in [0.3, 0.4) is 0 Å². The molecule has 0 atom stereocenters. The Labute approximate surface area is 206 Å². The average Bonchev–Trinajstić information content (AvgIpc) is 2.69. The fourth-order valence-electron chi connectivity index (χ4n) is 3.01. The van der Waals surface area contributed by atoms with Crippen molar-refractivity contribution in [2.24, 2.45) is 0 Å². The van der Waals surface area contributed by atoms with Gasteiger partial charge in [-0.05, 0) is 0 Å². The number of rotatable bonds is 6. The van der Waals surface area contributed by atoms with E-state index in [4.69, 9.17) is 10.2 Å². The Hall–Kier alpha value is -3.88. The summed E-state index contributed by atoms with van der Waals surface area (Å²) in [6.45, 7) is 0. The van der Waals surface area contributed by atoms with Crippen LogP contribution in [0.4, 0.5) is 70.2 Å². The maximum atomic E-state index is 14.9. The van der Waals surface area contributed by atoms with Crippen molar-refractivity contribution in [3.8, 4) is 11.5 Å². The molecule has 0 radical (unpaired) electrons. The Morgan fingerprint density at radius 3 is 0.900 bits per heavy atom. The van der Waals surface area contributed by atoms with Crippen molar-refractivity contribution >= 4 is 22.7 Å². The van der Waals surface area contributed by atoms with Crippen molar-refractivity contribution in [3.63, 3.8) is 0 Å². The Morgan fingerprint density at radius 1 is 0.500 bits per heavy atom. The summed E-state index contributed by atoms with van der Waals surface area (Å²) in [4.78, 5) is 22.5. The van der Waals surface area contributed by atoms with Crippen LogP contribution in [-0.4, -0.2) is 59.1 Å². The van der Waals surface area contributed by atoms with Crippen LogP contribution < -0.4 is 9.47 Å². The lowest BCUT2D eigenvalue weighted by atomic mass is 9.98. The second-order valence-electron chi connectivity index (χ2n) is 7.19. The van der Waals surface area contributed by atoms with Crippen molar-refractivity contribution in [1.29, 1.82) is 0 Å².